The summed E-state index contributed by atoms with van der Waals surface area (Å²) >= 11 is 0. The Morgan fingerprint density at radius 1 is 1.50 bits per heavy atom. The zero-order chi connectivity index (χ0) is 8.02. The summed E-state index contributed by atoms with van der Waals surface area (Å²) in [5, 5.41) is 11.1. The summed E-state index contributed by atoms with van der Waals surface area (Å²) < 4.78 is 0. The van der Waals surface area contributed by atoms with E-state index in [0.717, 1.165) is 12.5 Å². The lowest BCUT2D eigenvalue weighted by atomic mass is 9.98. The van der Waals surface area contributed by atoms with Crippen molar-refractivity contribution in [1.82, 2.24) is 15.5 Å². The van der Waals surface area contributed by atoms with Crippen LogP contribution in [0.1, 0.15) is 12.0 Å². The fourth-order valence-corrected chi connectivity index (χ4v) is 2.38. The summed E-state index contributed by atoms with van der Waals surface area (Å²) in [6, 6.07) is 2.10. The van der Waals surface area contributed by atoms with Crippen molar-refractivity contribution in [3.8, 4) is 0 Å². The molecule has 2 atom stereocenters. The Bertz CT molecular complexity index is 298. The van der Waals surface area contributed by atoms with Gasteiger partial charge in [-0.2, -0.15) is 10.2 Å². The van der Waals surface area contributed by atoms with Crippen LogP contribution in [0.15, 0.2) is 18.5 Å². The number of rotatable bonds is 1. The van der Waals surface area contributed by atoms with E-state index in [0.29, 0.717) is 5.41 Å². The second-order valence-corrected chi connectivity index (χ2v) is 3.82. The van der Waals surface area contributed by atoms with Crippen molar-refractivity contribution in [2.75, 3.05) is 13.1 Å². The van der Waals surface area contributed by atoms with Crippen LogP contribution in [0.3, 0.4) is 0 Å². The molecule has 3 rings (SSSR count). The van der Waals surface area contributed by atoms with E-state index < -0.39 is 0 Å². The smallest absolute Gasteiger partial charge is 0.0534 e. The van der Waals surface area contributed by atoms with Gasteiger partial charge in [0.2, 0.25) is 0 Å². The second kappa shape index (κ2) is 2.04. The van der Waals surface area contributed by atoms with Gasteiger partial charge in [0.1, 0.15) is 0 Å². The lowest BCUT2D eigenvalue weighted by molar-refractivity contribution is 0.670. The molecule has 0 radical (unpaired) electrons. The number of piperidine rings is 1. The Labute approximate surface area is 71.2 Å². The standard InChI is InChI=1S/C9H11N3/c1-2-11-12-5-7(1)9-3-8(9)4-10-6-9/h1-2,5,8,10H,3-4,6H2. The Hall–Kier alpha value is -0.960. The molecule has 1 saturated carbocycles. The maximum atomic E-state index is 3.92. The lowest BCUT2D eigenvalue weighted by Crippen LogP contribution is -2.19. The van der Waals surface area contributed by atoms with E-state index >= 15 is 0 Å². The average Bonchev–Trinajstić information content (AvgIpc) is 2.72. The van der Waals surface area contributed by atoms with E-state index in [2.05, 4.69) is 21.6 Å². The molecular formula is C9H11N3. The van der Waals surface area contributed by atoms with Gasteiger partial charge in [0.25, 0.3) is 0 Å². The van der Waals surface area contributed by atoms with Crippen LogP contribution in [0.2, 0.25) is 0 Å². The van der Waals surface area contributed by atoms with Crippen LogP contribution in [0.4, 0.5) is 0 Å². The predicted octanol–water partition coefficient (Wildman–Crippen LogP) is 0.337. The second-order valence-electron chi connectivity index (χ2n) is 3.82. The van der Waals surface area contributed by atoms with E-state index in [1.54, 1.807) is 6.20 Å². The van der Waals surface area contributed by atoms with Gasteiger partial charge in [-0.15, -0.1) is 0 Å². The monoisotopic (exact) mass is 161 g/mol. The van der Waals surface area contributed by atoms with Crippen molar-refractivity contribution >= 4 is 0 Å². The van der Waals surface area contributed by atoms with Gasteiger partial charge in [0, 0.05) is 18.2 Å². The van der Waals surface area contributed by atoms with Gasteiger partial charge >= 0.3 is 0 Å². The Balaban J connectivity index is 2.00. The van der Waals surface area contributed by atoms with Crippen LogP contribution in [0.5, 0.6) is 0 Å². The minimum atomic E-state index is 0.440. The Morgan fingerprint density at radius 2 is 2.50 bits per heavy atom. The molecule has 3 heteroatoms. The molecule has 12 heavy (non-hydrogen) atoms. The number of fused-ring (bicyclic) bond motifs is 1. The summed E-state index contributed by atoms with van der Waals surface area (Å²) in [4.78, 5) is 0. The van der Waals surface area contributed by atoms with E-state index in [1.165, 1.54) is 18.5 Å². The first-order valence-corrected chi connectivity index (χ1v) is 4.40. The molecule has 0 spiro atoms. The van der Waals surface area contributed by atoms with Crippen LogP contribution in [-0.2, 0) is 5.41 Å². The highest BCUT2D eigenvalue weighted by Gasteiger charge is 2.58. The zero-order valence-corrected chi connectivity index (χ0v) is 6.83. The van der Waals surface area contributed by atoms with Crippen LogP contribution in [-0.4, -0.2) is 23.3 Å². The minimum Gasteiger partial charge on any atom is -0.316 e. The van der Waals surface area contributed by atoms with Crippen molar-refractivity contribution in [2.24, 2.45) is 5.92 Å². The van der Waals surface area contributed by atoms with Crippen molar-refractivity contribution in [3.05, 3.63) is 24.0 Å². The largest absolute Gasteiger partial charge is 0.316 e. The third-order valence-corrected chi connectivity index (χ3v) is 3.22. The highest BCUT2D eigenvalue weighted by molar-refractivity contribution is 5.34. The quantitative estimate of drug-likeness (QED) is 0.645. The maximum Gasteiger partial charge on any atom is 0.0534 e. The average molecular weight is 161 g/mol. The van der Waals surface area contributed by atoms with Gasteiger partial charge < -0.3 is 5.32 Å². The summed E-state index contributed by atoms with van der Waals surface area (Å²) in [6.07, 6.45) is 5.04. The molecule has 2 fully saturated rings. The number of nitrogens with zero attached hydrogens (tertiary/aromatic N) is 2. The maximum absolute atomic E-state index is 3.92. The SMILES string of the molecule is c1cc(C23CNCC2C3)cnn1. The predicted molar refractivity (Wildman–Crippen MR) is 44.7 cm³/mol. The Kier molecular flexibility index (Phi) is 1.11. The number of hydrogen-bond acceptors (Lipinski definition) is 3. The molecule has 2 unspecified atom stereocenters. The first-order chi connectivity index (χ1) is 5.92. The van der Waals surface area contributed by atoms with Crippen LogP contribution >= 0.6 is 0 Å². The van der Waals surface area contributed by atoms with E-state index in [-0.39, 0.29) is 0 Å². The summed E-state index contributed by atoms with van der Waals surface area (Å²) in [7, 11) is 0. The number of aromatic nitrogens is 2. The van der Waals surface area contributed by atoms with E-state index in [1.807, 2.05) is 6.20 Å². The van der Waals surface area contributed by atoms with Gasteiger partial charge in [-0.3, -0.25) is 0 Å². The lowest BCUT2D eigenvalue weighted by Gasteiger charge is -2.09. The fourth-order valence-electron chi connectivity index (χ4n) is 2.38. The van der Waals surface area contributed by atoms with Gasteiger partial charge in [-0.25, -0.2) is 0 Å². The van der Waals surface area contributed by atoms with E-state index in [4.69, 9.17) is 0 Å². The van der Waals surface area contributed by atoms with Gasteiger partial charge in [-0.05, 0) is 30.5 Å². The highest BCUT2D eigenvalue weighted by Crippen LogP contribution is 2.55. The number of hydrogen-bond donors (Lipinski definition) is 1. The molecule has 0 bridgehead atoms. The van der Waals surface area contributed by atoms with Crippen molar-refractivity contribution in [3.63, 3.8) is 0 Å². The summed E-state index contributed by atoms with van der Waals surface area (Å²) in [6.45, 7) is 2.31. The summed E-state index contributed by atoms with van der Waals surface area (Å²) in [5.41, 5.74) is 1.81. The topological polar surface area (TPSA) is 37.8 Å². The molecule has 0 amide bonds. The molecule has 1 aromatic heterocycles. The van der Waals surface area contributed by atoms with Gasteiger partial charge in [-0.1, -0.05) is 0 Å². The molecule has 62 valence electrons. The number of nitrogens with one attached hydrogen (secondary N) is 1. The molecule has 1 saturated heterocycles. The van der Waals surface area contributed by atoms with Crippen LogP contribution in [0.25, 0.3) is 0 Å². The van der Waals surface area contributed by atoms with Crippen LogP contribution in [0, 0.1) is 5.92 Å². The normalized spacial score (nSPS) is 37.8. The summed E-state index contributed by atoms with van der Waals surface area (Å²) in [5.74, 6) is 0.863. The van der Waals surface area contributed by atoms with Crippen molar-refractivity contribution < 1.29 is 0 Å². The molecule has 2 heterocycles. The van der Waals surface area contributed by atoms with Crippen LogP contribution < -0.4 is 5.32 Å². The minimum absolute atomic E-state index is 0.440. The molecule has 1 aliphatic heterocycles. The third kappa shape index (κ3) is 0.693. The zero-order valence-electron chi connectivity index (χ0n) is 6.83. The first kappa shape index (κ1) is 6.54. The fraction of sp³-hybridized carbons (Fsp3) is 0.556. The molecular weight excluding hydrogens is 150 g/mol. The Morgan fingerprint density at radius 3 is 3.08 bits per heavy atom. The van der Waals surface area contributed by atoms with Crippen molar-refractivity contribution in [1.29, 1.82) is 0 Å². The third-order valence-electron chi connectivity index (χ3n) is 3.22. The molecule has 2 aliphatic rings. The van der Waals surface area contributed by atoms with Gasteiger partial charge in [0.05, 0.1) is 6.20 Å². The molecule has 0 aromatic carbocycles. The first-order valence-electron chi connectivity index (χ1n) is 4.40. The molecule has 3 nitrogen and oxygen atoms in total. The van der Waals surface area contributed by atoms with Gasteiger partial charge in [0.15, 0.2) is 0 Å². The molecule has 1 aliphatic carbocycles. The van der Waals surface area contributed by atoms with E-state index in [9.17, 15) is 0 Å². The molecule has 1 aromatic rings. The van der Waals surface area contributed by atoms with Crippen molar-refractivity contribution in [2.45, 2.75) is 11.8 Å². The highest BCUT2D eigenvalue weighted by atomic mass is 15.1. The molecule has 1 N–H and O–H groups in total.